The lowest BCUT2D eigenvalue weighted by Crippen LogP contribution is -2.49. The van der Waals surface area contributed by atoms with Crippen molar-refractivity contribution in [3.63, 3.8) is 0 Å². The Morgan fingerprint density at radius 3 is 2.53 bits per heavy atom. The van der Waals surface area contributed by atoms with E-state index in [9.17, 15) is 23.2 Å². The van der Waals surface area contributed by atoms with Gasteiger partial charge in [-0.15, -0.1) is 11.3 Å². The smallest absolute Gasteiger partial charge is 0.332 e. The largest absolute Gasteiger partial charge is 0.459 e. The van der Waals surface area contributed by atoms with Crippen molar-refractivity contribution < 1.29 is 23.0 Å². The van der Waals surface area contributed by atoms with E-state index in [2.05, 4.69) is 4.99 Å². The van der Waals surface area contributed by atoms with Crippen LogP contribution in [0, 0.1) is 6.92 Å². The van der Waals surface area contributed by atoms with Crippen LogP contribution >= 0.6 is 11.3 Å². The van der Waals surface area contributed by atoms with Crippen LogP contribution in [-0.4, -0.2) is 53.1 Å². The number of rotatable bonds is 7. The Balaban J connectivity index is 2.03. The van der Waals surface area contributed by atoms with Crippen LogP contribution in [0.4, 0.5) is 8.78 Å². The molecule has 2 heterocycles. The molecule has 1 fully saturated rings. The summed E-state index contributed by atoms with van der Waals surface area (Å²) in [5.41, 5.74) is -1.26. The zero-order valence-corrected chi connectivity index (χ0v) is 19.6. The molecule has 3 rings (SSSR count). The van der Waals surface area contributed by atoms with Gasteiger partial charge in [0.05, 0.1) is 29.5 Å². The topological polar surface area (TPSA) is 91.9 Å². The number of fused-ring (bicyclic) bond motifs is 1. The Kier molecular flexibility index (Phi) is 6.71. The fraction of sp³-hybridized carbons (Fsp3) is 0.619. The summed E-state index contributed by atoms with van der Waals surface area (Å²) in [6, 6.07) is -0.841. The molecule has 2 aromatic heterocycles. The van der Waals surface area contributed by atoms with Gasteiger partial charge in [-0.3, -0.25) is 23.7 Å². The molecule has 0 bridgehead atoms. The molecule has 1 saturated carbocycles. The third-order valence-electron chi connectivity index (χ3n) is 5.08. The number of carbonyl (C=O) groups is 1. The molecule has 0 saturated heterocycles. The third-order valence-corrected chi connectivity index (χ3v) is 6.33. The number of methoxy groups -OCH3 is 1. The van der Waals surface area contributed by atoms with E-state index in [4.69, 9.17) is 9.47 Å². The Labute approximate surface area is 187 Å². The zero-order valence-electron chi connectivity index (χ0n) is 18.7. The van der Waals surface area contributed by atoms with Gasteiger partial charge in [0.15, 0.2) is 0 Å². The number of carbonyl (C=O) groups excluding carboxylic acids is 1. The molecule has 0 aromatic carbocycles. The van der Waals surface area contributed by atoms with E-state index in [-0.39, 0.29) is 19.7 Å². The molecule has 0 spiro atoms. The zero-order chi connectivity index (χ0) is 23.8. The standard InChI is InChI=1S/C21H27F2N3O5S/c1-12-14(10-24-11-15(27)31-20(2,3)4)32-18-16(12)17(28)26(13-8-21(22,23)9-13)19(29)25(18)6-7-30-5/h10,13H,6-9,11H2,1-5H3. The van der Waals surface area contributed by atoms with Crippen LogP contribution in [0.15, 0.2) is 14.6 Å². The number of aliphatic imine (C=N–C) groups is 1. The fourth-order valence-electron chi connectivity index (χ4n) is 3.60. The second-order valence-corrected chi connectivity index (χ2v) is 9.88. The first-order valence-corrected chi connectivity index (χ1v) is 11.0. The van der Waals surface area contributed by atoms with Crippen LogP contribution in [0.2, 0.25) is 0 Å². The number of hydrogen-bond donors (Lipinski definition) is 0. The SMILES string of the molecule is COCCn1c(=O)n(C2CC(F)(F)C2)c(=O)c2c(C)c(C=NCC(=O)OC(C)(C)C)sc21. The minimum atomic E-state index is -2.87. The lowest BCUT2D eigenvalue weighted by Gasteiger charge is -2.35. The highest BCUT2D eigenvalue weighted by Gasteiger charge is 2.47. The number of esters is 1. The molecule has 0 atom stereocenters. The maximum absolute atomic E-state index is 13.4. The second-order valence-electron chi connectivity index (χ2n) is 8.85. The summed E-state index contributed by atoms with van der Waals surface area (Å²) in [5, 5.41) is 0.291. The molecule has 32 heavy (non-hydrogen) atoms. The van der Waals surface area contributed by atoms with Crippen LogP contribution in [0.5, 0.6) is 0 Å². The van der Waals surface area contributed by atoms with Crippen molar-refractivity contribution >= 4 is 33.7 Å². The van der Waals surface area contributed by atoms with Crippen molar-refractivity contribution in [1.82, 2.24) is 9.13 Å². The molecule has 0 unspecified atom stereocenters. The summed E-state index contributed by atoms with van der Waals surface area (Å²) >= 11 is 1.18. The molecule has 1 aliphatic rings. The van der Waals surface area contributed by atoms with Crippen molar-refractivity contribution in [2.45, 2.75) is 64.6 Å². The van der Waals surface area contributed by atoms with Crippen LogP contribution in [0.1, 0.15) is 50.1 Å². The quantitative estimate of drug-likeness (QED) is 0.457. The van der Waals surface area contributed by atoms with E-state index in [1.165, 1.54) is 29.2 Å². The van der Waals surface area contributed by atoms with Gasteiger partial charge >= 0.3 is 11.7 Å². The predicted molar refractivity (Wildman–Crippen MR) is 118 cm³/mol. The van der Waals surface area contributed by atoms with Gasteiger partial charge in [-0.1, -0.05) is 0 Å². The molecule has 11 heteroatoms. The van der Waals surface area contributed by atoms with Crippen LogP contribution in [0.3, 0.4) is 0 Å². The van der Waals surface area contributed by atoms with E-state index in [1.807, 2.05) is 0 Å². The monoisotopic (exact) mass is 471 g/mol. The summed E-state index contributed by atoms with van der Waals surface area (Å²) in [7, 11) is 1.49. The average Bonchev–Trinajstić information content (AvgIpc) is 2.95. The van der Waals surface area contributed by atoms with Crippen molar-refractivity contribution in [2.24, 2.45) is 4.99 Å². The van der Waals surface area contributed by atoms with E-state index < -0.39 is 47.6 Å². The maximum atomic E-state index is 13.4. The molecule has 176 valence electrons. The average molecular weight is 472 g/mol. The summed E-state index contributed by atoms with van der Waals surface area (Å²) in [6.45, 7) is 7.17. The highest BCUT2D eigenvalue weighted by atomic mass is 32.1. The summed E-state index contributed by atoms with van der Waals surface area (Å²) in [6.07, 6.45) is 0.396. The Morgan fingerprint density at radius 1 is 1.31 bits per heavy atom. The minimum absolute atomic E-state index is 0.170. The molecule has 0 aliphatic heterocycles. The van der Waals surface area contributed by atoms with Crippen LogP contribution in [0.25, 0.3) is 10.2 Å². The van der Waals surface area contributed by atoms with E-state index in [1.54, 1.807) is 27.7 Å². The number of aromatic nitrogens is 2. The molecular weight excluding hydrogens is 444 g/mol. The highest BCUT2D eigenvalue weighted by Crippen LogP contribution is 2.44. The van der Waals surface area contributed by atoms with Gasteiger partial charge in [0.25, 0.3) is 11.5 Å². The molecule has 0 N–H and O–H groups in total. The highest BCUT2D eigenvalue weighted by molar-refractivity contribution is 7.20. The Hall–Kier alpha value is -2.40. The van der Waals surface area contributed by atoms with Gasteiger partial charge in [0.1, 0.15) is 17.0 Å². The Bertz CT molecular complexity index is 1170. The first-order chi connectivity index (χ1) is 14.8. The van der Waals surface area contributed by atoms with Crippen molar-refractivity contribution in [1.29, 1.82) is 0 Å². The number of hydrogen-bond acceptors (Lipinski definition) is 7. The number of ether oxygens (including phenoxy) is 2. The van der Waals surface area contributed by atoms with Gasteiger partial charge in [0.2, 0.25) is 0 Å². The van der Waals surface area contributed by atoms with E-state index >= 15 is 0 Å². The van der Waals surface area contributed by atoms with E-state index in [0.717, 1.165) is 4.57 Å². The number of halogens is 2. The van der Waals surface area contributed by atoms with Crippen LogP contribution < -0.4 is 11.2 Å². The lowest BCUT2D eigenvalue weighted by atomic mass is 9.88. The minimum Gasteiger partial charge on any atom is -0.459 e. The fourth-order valence-corrected chi connectivity index (χ4v) is 4.81. The van der Waals surface area contributed by atoms with Gasteiger partial charge in [-0.2, -0.15) is 0 Å². The van der Waals surface area contributed by atoms with Crippen LogP contribution in [-0.2, 0) is 20.8 Å². The molecule has 0 radical (unpaired) electrons. The van der Waals surface area contributed by atoms with Gasteiger partial charge in [0, 0.05) is 26.2 Å². The predicted octanol–water partition coefficient (Wildman–Crippen LogP) is 2.91. The van der Waals surface area contributed by atoms with Crippen molar-refractivity contribution in [3.05, 3.63) is 31.3 Å². The second kappa shape index (κ2) is 8.86. The first-order valence-electron chi connectivity index (χ1n) is 10.2. The number of thiophene rings is 1. The molecule has 8 nitrogen and oxygen atoms in total. The van der Waals surface area contributed by atoms with E-state index in [0.29, 0.717) is 20.7 Å². The number of aryl methyl sites for hydroxylation is 1. The molecule has 2 aromatic rings. The van der Waals surface area contributed by atoms with Gasteiger partial charge in [-0.05, 0) is 33.3 Å². The third kappa shape index (κ3) is 4.98. The van der Waals surface area contributed by atoms with Gasteiger partial charge in [-0.25, -0.2) is 13.6 Å². The normalized spacial score (nSPS) is 16.6. The molecular formula is C21H27F2N3O5S. The first kappa shape index (κ1) is 24.2. The maximum Gasteiger partial charge on any atom is 0.332 e. The number of nitrogens with zero attached hydrogens (tertiary/aromatic N) is 3. The number of alkyl halides is 2. The summed E-state index contributed by atoms with van der Waals surface area (Å²) in [4.78, 5) is 43.2. The lowest BCUT2D eigenvalue weighted by molar-refractivity contribution is -0.152. The molecule has 1 aliphatic carbocycles. The van der Waals surface area contributed by atoms with Gasteiger partial charge < -0.3 is 9.47 Å². The molecule has 0 amide bonds. The van der Waals surface area contributed by atoms with Crippen molar-refractivity contribution in [3.8, 4) is 0 Å². The summed E-state index contributed by atoms with van der Waals surface area (Å²) in [5.74, 6) is -3.36. The van der Waals surface area contributed by atoms with Crippen molar-refractivity contribution in [2.75, 3.05) is 20.3 Å². The summed E-state index contributed by atoms with van der Waals surface area (Å²) < 4.78 is 39.5. The Morgan fingerprint density at radius 2 is 1.97 bits per heavy atom.